The van der Waals surface area contributed by atoms with Gasteiger partial charge in [0.2, 0.25) is 5.78 Å². The van der Waals surface area contributed by atoms with E-state index in [4.69, 9.17) is 4.74 Å². The van der Waals surface area contributed by atoms with E-state index in [-0.39, 0.29) is 39.6 Å². The summed E-state index contributed by atoms with van der Waals surface area (Å²) in [7, 11) is 1.40. The standard InChI is InChI=1S/C22H19F6NO3.H2S.H2/c1-13(14-8-16(21(23,24)25)10-17(9-14)22(26,27)28)32-12-20(15-6-4-3-5-7-15)11-18(30)19(31)29(20)2;;/h3-10,13H,11-12H2,1-2H3;1H2;1H/t13-,20-;;/m1../s1/i;;1+2. The van der Waals surface area contributed by atoms with Gasteiger partial charge < -0.3 is 9.64 Å². The fourth-order valence-corrected chi connectivity index (χ4v) is 3.69. The van der Waals surface area contributed by atoms with Crippen LogP contribution in [0.4, 0.5) is 26.3 Å². The number of halogens is 6. The maximum atomic E-state index is 13.2. The Bertz CT molecular complexity index is 999. The highest BCUT2D eigenvalue weighted by atomic mass is 32.1. The van der Waals surface area contributed by atoms with Crippen LogP contribution in [0.1, 0.15) is 43.1 Å². The van der Waals surface area contributed by atoms with Crippen LogP contribution in [-0.4, -0.2) is 30.2 Å². The first kappa shape index (κ1) is 26.7. The maximum absolute atomic E-state index is 13.2. The molecular weight excluding hydrogens is 472 g/mol. The summed E-state index contributed by atoms with van der Waals surface area (Å²) in [5.74, 6) is -1.41. The molecule has 1 saturated heterocycles. The third-order valence-electron chi connectivity index (χ3n) is 5.60. The molecule has 2 aromatic carbocycles. The van der Waals surface area contributed by atoms with Crippen LogP contribution in [0, 0.1) is 0 Å². The molecule has 11 heteroatoms. The number of likely N-dealkylation sites (tertiary alicyclic amines) is 1. The topological polar surface area (TPSA) is 46.6 Å². The zero-order chi connectivity index (χ0) is 23.9. The lowest BCUT2D eigenvalue weighted by Crippen LogP contribution is -2.44. The van der Waals surface area contributed by atoms with Crippen molar-refractivity contribution in [3.63, 3.8) is 0 Å². The van der Waals surface area contributed by atoms with Crippen molar-refractivity contribution in [1.29, 1.82) is 0 Å². The van der Waals surface area contributed by atoms with Crippen LogP contribution >= 0.6 is 13.5 Å². The van der Waals surface area contributed by atoms with E-state index in [1.54, 1.807) is 30.3 Å². The second-order valence-corrected chi connectivity index (χ2v) is 7.65. The van der Waals surface area contributed by atoms with E-state index in [1.807, 2.05) is 0 Å². The molecule has 0 aliphatic carbocycles. The SMILES string of the molecule is C[C@@H](OC[C@@]1(c2ccccc2)CC(=O)C(=O)N1C)c1cc(C(F)(F)F)cc(C(F)(F)F)c1.S.[3HH]. The zero-order valence-electron chi connectivity index (χ0n) is 17.6. The van der Waals surface area contributed by atoms with E-state index in [1.165, 1.54) is 18.9 Å². The molecule has 0 radical (unpaired) electrons. The molecule has 1 aliphatic rings. The predicted octanol–water partition coefficient (Wildman–Crippen LogP) is 5.49. The molecule has 182 valence electrons. The minimum absolute atomic E-state index is 0. The molecule has 0 saturated carbocycles. The third-order valence-corrected chi connectivity index (χ3v) is 5.60. The van der Waals surface area contributed by atoms with E-state index >= 15 is 0 Å². The second-order valence-electron chi connectivity index (χ2n) is 7.65. The van der Waals surface area contributed by atoms with Crippen LogP contribution in [0.15, 0.2) is 48.5 Å². The van der Waals surface area contributed by atoms with Crippen molar-refractivity contribution < 1.29 is 42.1 Å². The lowest BCUT2D eigenvalue weighted by molar-refractivity contribution is -0.143. The van der Waals surface area contributed by atoms with Crippen LogP contribution in [0.2, 0.25) is 0 Å². The molecule has 2 atom stereocenters. The molecule has 1 aliphatic heterocycles. The Hall–Kier alpha value is -2.53. The highest BCUT2D eigenvalue weighted by molar-refractivity contribution is 7.59. The van der Waals surface area contributed by atoms with Gasteiger partial charge in [-0.05, 0) is 36.2 Å². The van der Waals surface area contributed by atoms with Gasteiger partial charge in [0, 0.05) is 14.9 Å². The number of ketones is 1. The zero-order valence-corrected chi connectivity index (χ0v) is 18.6. The molecule has 0 bridgehead atoms. The van der Waals surface area contributed by atoms with E-state index < -0.39 is 46.8 Å². The van der Waals surface area contributed by atoms with Gasteiger partial charge in [-0.15, -0.1) is 0 Å². The molecule has 1 fully saturated rings. The molecule has 4 nitrogen and oxygen atoms in total. The molecule has 0 aromatic heterocycles. The largest absolute Gasteiger partial charge is 0.416 e. The molecule has 3 rings (SSSR count). The molecule has 0 N–H and O–H groups in total. The summed E-state index contributed by atoms with van der Waals surface area (Å²) >= 11 is 0. The van der Waals surface area contributed by atoms with Gasteiger partial charge in [-0.2, -0.15) is 39.8 Å². The first-order chi connectivity index (χ1) is 14.8. The number of nitrogens with zero attached hydrogens (tertiary/aromatic N) is 1. The fourth-order valence-electron chi connectivity index (χ4n) is 3.69. The molecular formula is C22H23F6NO3S. The van der Waals surface area contributed by atoms with E-state index in [0.717, 1.165) is 0 Å². The number of likely N-dealkylation sites (N-methyl/N-ethyl adjacent to an activating group) is 1. The molecule has 0 spiro atoms. The second kappa shape index (κ2) is 9.38. The Morgan fingerprint density at radius 2 is 1.52 bits per heavy atom. The molecule has 2 aromatic rings. The van der Waals surface area contributed by atoms with Crippen molar-refractivity contribution in [1.82, 2.24) is 4.90 Å². The van der Waals surface area contributed by atoms with Gasteiger partial charge >= 0.3 is 12.4 Å². The minimum atomic E-state index is -4.98. The number of ether oxygens (including phenoxy) is 1. The Labute approximate surface area is 194 Å². The molecule has 33 heavy (non-hydrogen) atoms. The van der Waals surface area contributed by atoms with Crippen LogP contribution < -0.4 is 0 Å². The summed E-state index contributed by atoms with van der Waals surface area (Å²) < 4.78 is 84.7. The highest BCUT2D eigenvalue weighted by Crippen LogP contribution is 2.40. The van der Waals surface area contributed by atoms with Gasteiger partial charge in [-0.3, -0.25) is 9.59 Å². The molecule has 1 heterocycles. The Morgan fingerprint density at radius 1 is 1.00 bits per heavy atom. The number of amides is 1. The summed E-state index contributed by atoms with van der Waals surface area (Å²) in [6, 6.07) is 9.68. The van der Waals surface area contributed by atoms with Crippen molar-refractivity contribution in [2.75, 3.05) is 13.7 Å². The quantitative estimate of drug-likeness (QED) is 0.406. The summed E-state index contributed by atoms with van der Waals surface area (Å²) in [6.45, 7) is 1.01. The number of hydrogen-bond acceptors (Lipinski definition) is 3. The number of carbonyl (C=O) groups is 2. The lowest BCUT2D eigenvalue weighted by atomic mass is 9.88. The summed E-state index contributed by atoms with van der Waals surface area (Å²) in [6.07, 6.45) is -11.4. The Balaban J connectivity index is 0.00000289. The summed E-state index contributed by atoms with van der Waals surface area (Å²) in [4.78, 5) is 25.5. The van der Waals surface area contributed by atoms with Crippen LogP contribution in [0.5, 0.6) is 0 Å². The average molecular weight is 497 g/mol. The first-order valence-corrected chi connectivity index (χ1v) is 9.53. The van der Waals surface area contributed by atoms with Crippen LogP contribution in [0.25, 0.3) is 0 Å². The predicted molar refractivity (Wildman–Crippen MR) is 114 cm³/mol. The maximum Gasteiger partial charge on any atom is 0.416 e. The molecule has 0 unspecified atom stereocenters. The number of benzene rings is 2. The number of hydrogen-bond donors (Lipinski definition) is 0. The van der Waals surface area contributed by atoms with Crippen molar-refractivity contribution in [3.05, 3.63) is 70.8 Å². The number of alkyl halides is 6. The van der Waals surface area contributed by atoms with E-state index in [0.29, 0.717) is 17.7 Å². The Kier molecular flexibility index (Phi) is 7.59. The number of rotatable bonds is 5. The van der Waals surface area contributed by atoms with Gasteiger partial charge in [0.15, 0.2) is 0 Å². The Morgan fingerprint density at radius 3 is 1.94 bits per heavy atom. The highest BCUT2D eigenvalue weighted by Gasteiger charge is 2.50. The van der Waals surface area contributed by atoms with Crippen molar-refractivity contribution in [2.45, 2.75) is 37.3 Å². The fraction of sp³-hybridized carbons (Fsp3) is 0.364. The van der Waals surface area contributed by atoms with Gasteiger partial charge in [-0.1, -0.05) is 30.3 Å². The van der Waals surface area contributed by atoms with Crippen molar-refractivity contribution in [3.8, 4) is 0 Å². The molecule has 1 amide bonds. The van der Waals surface area contributed by atoms with Crippen LogP contribution in [-0.2, 0) is 32.2 Å². The monoisotopic (exact) mass is 497 g/mol. The van der Waals surface area contributed by atoms with Crippen LogP contribution in [0.3, 0.4) is 0 Å². The summed E-state index contributed by atoms with van der Waals surface area (Å²) in [5, 5.41) is 0. The lowest BCUT2D eigenvalue weighted by Gasteiger charge is -2.36. The smallest absolute Gasteiger partial charge is 0.371 e. The van der Waals surface area contributed by atoms with Gasteiger partial charge in [0.05, 0.1) is 29.4 Å². The van der Waals surface area contributed by atoms with Crippen molar-refractivity contribution >= 4 is 25.2 Å². The average Bonchev–Trinajstić information content (AvgIpc) is 2.95. The van der Waals surface area contributed by atoms with Gasteiger partial charge in [0.25, 0.3) is 5.91 Å². The normalized spacial score (nSPS) is 20.1. The van der Waals surface area contributed by atoms with E-state index in [9.17, 15) is 35.9 Å². The van der Waals surface area contributed by atoms with Gasteiger partial charge in [0.1, 0.15) is 0 Å². The minimum Gasteiger partial charge on any atom is -0.371 e. The summed E-state index contributed by atoms with van der Waals surface area (Å²) in [5.41, 5.74) is -3.88. The first-order valence-electron chi connectivity index (χ1n) is 9.53. The van der Waals surface area contributed by atoms with Crippen molar-refractivity contribution in [2.24, 2.45) is 0 Å². The van der Waals surface area contributed by atoms with E-state index in [2.05, 4.69) is 0 Å². The number of carbonyl (C=O) groups excluding carboxylic acids is 2. The van der Waals surface area contributed by atoms with Gasteiger partial charge in [-0.25, -0.2) is 0 Å². The third kappa shape index (κ3) is 5.35. The number of Topliss-reactive ketones (excluding diaryl/α,β-unsaturated/α-hetero) is 1.